The molecule has 3 aromatic rings. The summed E-state index contributed by atoms with van der Waals surface area (Å²) in [6.45, 7) is 2.33. The predicted molar refractivity (Wildman–Crippen MR) is 140 cm³/mol. The molecule has 0 spiro atoms. The third kappa shape index (κ3) is 6.67. The van der Waals surface area contributed by atoms with E-state index < -0.39 is 6.09 Å². The summed E-state index contributed by atoms with van der Waals surface area (Å²) in [6, 6.07) is 13.4. The first-order valence-corrected chi connectivity index (χ1v) is 12.9. The highest BCUT2D eigenvalue weighted by Crippen LogP contribution is 2.30. The van der Waals surface area contributed by atoms with Crippen molar-refractivity contribution in [3.63, 3.8) is 0 Å². The minimum absolute atomic E-state index is 0.00671. The minimum atomic E-state index is -0.442. The molecule has 2 atom stereocenters. The van der Waals surface area contributed by atoms with Crippen LogP contribution >= 0.6 is 0 Å². The molecular formula is C28H35N5O5. The molecule has 1 amide bonds. The van der Waals surface area contributed by atoms with Gasteiger partial charge in [-0.05, 0) is 50.3 Å². The first kappa shape index (κ1) is 27.1. The van der Waals surface area contributed by atoms with Crippen LogP contribution in [0.1, 0.15) is 49.1 Å². The zero-order chi connectivity index (χ0) is 27.1. The number of carbonyl (C=O) groups is 2. The van der Waals surface area contributed by atoms with Gasteiger partial charge in [-0.15, -0.1) is 5.10 Å². The van der Waals surface area contributed by atoms with Gasteiger partial charge in [0.25, 0.3) is 0 Å². The van der Waals surface area contributed by atoms with Crippen molar-refractivity contribution in [2.75, 3.05) is 14.2 Å². The van der Waals surface area contributed by atoms with E-state index in [1.165, 1.54) is 12.0 Å². The molecule has 1 aromatic carbocycles. The maximum Gasteiger partial charge on any atom is 0.410 e. The Kier molecular flexibility index (Phi) is 8.93. The van der Waals surface area contributed by atoms with Crippen LogP contribution in [0.3, 0.4) is 0 Å². The number of benzene rings is 1. The van der Waals surface area contributed by atoms with Crippen molar-refractivity contribution in [1.29, 1.82) is 0 Å². The lowest BCUT2D eigenvalue weighted by molar-refractivity contribution is -0.146. The molecule has 2 aromatic heterocycles. The summed E-state index contributed by atoms with van der Waals surface area (Å²) in [7, 11) is 4.88. The average molecular weight is 522 g/mol. The molecule has 202 valence electrons. The Morgan fingerprint density at radius 2 is 1.87 bits per heavy atom. The fourth-order valence-electron chi connectivity index (χ4n) is 4.69. The van der Waals surface area contributed by atoms with Crippen molar-refractivity contribution in [3.05, 3.63) is 59.4 Å². The predicted octanol–water partition coefficient (Wildman–Crippen LogP) is 4.45. The molecule has 10 nitrogen and oxygen atoms in total. The smallest absolute Gasteiger partial charge is 0.410 e. The van der Waals surface area contributed by atoms with Gasteiger partial charge in [-0.25, -0.2) is 14.5 Å². The number of aromatic nitrogens is 4. The number of ether oxygens (including phenoxy) is 3. The monoisotopic (exact) mass is 521 g/mol. The molecule has 1 fully saturated rings. The molecule has 2 unspecified atom stereocenters. The van der Waals surface area contributed by atoms with Gasteiger partial charge in [0.05, 0.1) is 30.5 Å². The van der Waals surface area contributed by atoms with Crippen LogP contribution in [0, 0.1) is 12.8 Å². The molecule has 0 N–H and O–H groups in total. The molecule has 1 aliphatic carbocycles. The Hall–Kier alpha value is -3.95. The summed E-state index contributed by atoms with van der Waals surface area (Å²) in [5.74, 6) is 0.355. The summed E-state index contributed by atoms with van der Waals surface area (Å²) in [5, 5.41) is 8.39. The zero-order valence-electron chi connectivity index (χ0n) is 22.4. The maximum absolute atomic E-state index is 12.6. The quantitative estimate of drug-likeness (QED) is 0.316. The fraction of sp³-hybridized carbons (Fsp3) is 0.464. The molecule has 2 heterocycles. The molecular weight excluding hydrogens is 486 g/mol. The first-order chi connectivity index (χ1) is 18.4. The van der Waals surface area contributed by atoms with Crippen LogP contribution in [-0.4, -0.2) is 57.2 Å². The molecule has 0 saturated heterocycles. The van der Waals surface area contributed by atoms with Crippen LogP contribution in [0.5, 0.6) is 5.75 Å². The number of nitrogens with zero attached hydrogens (tertiary/aromatic N) is 5. The third-order valence-electron chi connectivity index (χ3n) is 6.83. The molecule has 0 aliphatic heterocycles. The maximum atomic E-state index is 12.6. The van der Waals surface area contributed by atoms with E-state index in [1.54, 1.807) is 18.8 Å². The SMILES string of the molecule is COC(=O)C1CCCCC(Oc2ccc(-c3nnn(C)c3COC(=O)N(C)Cc3ccccc3)nc2C)C1. The zero-order valence-corrected chi connectivity index (χ0v) is 22.4. The van der Waals surface area contributed by atoms with Gasteiger partial charge in [0.1, 0.15) is 23.7 Å². The Morgan fingerprint density at radius 3 is 2.61 bits per heavy atom. The second-order valence-electron chi connectivity index (χ2n) is 9.66. The number of aryl methyl sites for hydroxylation is 2. The third-order valence-corrected chi connectivity index (χ3v) is 6.83. The van der Waals surface area contributed by atoms with Crippen LogP contribution < -0.4 is 4.74 Å². The standard InChI is InChI=1S/C28H35N5O5/c1-19-25(38-22-13-9-8-12-21(16-22)27(34)36-4)15-14-23(29-19)26-24(33(3)31-30-26)18-37-28(35)32(2)17-20-10-6-5-7-11-20/h5-7,10-11,14-15,21-22H,8-9,12-13,16-18H2,1-4H3. The number of methoxy groups -OCH3 is 1. The van der Waals surface area contributed by atoms with Crippen LogP contribution in [-0.2, 0) is 34.5 Å². The number of hydrogen-bond acceptors (Lipinski definition) is 8. The summed E-state index contributed by atoms with van der Waals surface area (Å²) in [6.07, 6.45) is 3.81. The topological polar surface area (TPSA) is 109 Å². The van der Waals surface area contributed by atoms with E-state index in [9.17, 15) is 9.59 Å². The lowest BCUT2D eigenvalue weighted by Crippen LogP contribution is -2.27. The van der Waals surface area contributed by atoms with Crippen molar-refractivity contribution in [2.45, 2.75) is 58.3 Å². The number of rotatable bonds is 8. The van der Waals surface area contributed by atoms with Gasteiger partial charge in [-0.2, -0.15) is 0 Å². The van der Waals surface area contributed by atoms with E-state index >= 15 is 0 Å². The Labute approximate surface area is 222 Å². The van der Waals surface area contributed by atoms with Crippen molar-refractivity contribution in [1.82, 2.24) is 24.9 Å². The van der Waals surface area contributed by atoms with Gasteiger partial charge in [0, 0.05) is 20.6 Å². The average Bonchev–Trinajstić information content (AvgIpc) is 3.13. The van der Waals surface area contributed by atoms with Crippen LogP contribution in [0.4, 0.5) is 4.79 Å². The largest absolute Gasteiger partial charge is 0.489 e. The van der Waals surface area contributed by atoms with E-state index in [0.717, 1.165) is 31.2 Å². The minimum Gasteiger partial charge on any atom is -0.489 e. The summed E-state index contributed by atoms with van der Waals surface area (Å²) in [5.41, 5.74) is 3.51. The second kappa shape index (κ2) is 12.5. The van der Waals surface area contributed by atoms with E-state index in [0.29, 0.717) is 41.5 Å². The van der Waals surface area contributed by atoms with Gasteiger partial charge in [-0.1, -0.05) is 42.0 Å². The Morgan fingerprint density at radius 1 is 1.11 bits per heavy atom. The number of esters is 1. The van der Waals surface area contributed by atoms with Crippen molar-refractivity contribution >= 4 is 12.1 Å². The molecule has 0 radical (unpaired) electrons. The summed E-state index contributed by atoms with van der Waals surface area (Å²) in [4.78, 5) is 30.9. The Balaban J connectivity index is 1.42. The number of carbonyl (C=O) groups excluding carboxylic acids is 2. The van der Waals surface area contributed by atoms with E-state index in [2.05, 4.69) is 10.3 Å². The molecule has 0 bridgehead atoms. The van der Waals surface area contributed by atoms with Gasteiger partial charge in [0.15, 0.2) is 0 Å². The summed E-state index contributed by atoms with van der Waals surface area (Å²) >= 11 is 0. The van der Waals surface area contributed by atoms with Crippen LogP contribution in [0.15, 0.2) is 42.5 Å². The van der Waals surface area contributed by atoms with Gasteiger partial charge in [-0.3, -0.25) is 4.79 Å². The highest BCUT2D eigenvalue weighted by Gasteiger charge is 2.28. The molecule has 1 saturated carbocycles. The Bertz CT molecular complexity index is 1250. The summed E-state index contributed by atoms with van der Waals surface area (Å²) < 4.78 is 18.4. The van der Waals surface area contributed by atoms with Gasteiger partial charge >= 0.3 is 12.1 Å². The van der Waals surface area contributed by atoms with E-state index in [1.807, 2.05) is 49.4 Å². The number of amides is 1. The lowest BCUT2D eigenvalue weighted by Gasteiger charge is -2.21. The normalized spacial score (nSPS) is 17.4. The van der Waals surface area contributed by atoms with E-state index in [-0.39, 0.29) is 24.6 Å². The van der Waals surface area contributed by atoms with Gasteiger partial charge < -0.3 is 19.1 Å². The van der Waals surface area contributed by atoms with Crippen molar-refractivity contribution in [2.24, 2.45) is 13.0 Å². The fourth-order valence-corrected chi connectivity index (χ4v) is 4.69. The van der Waals surface area contributed by atoms with Crippen molar-refractivity contribution < 1.29 is 23.8 Å². The first-order valence-electron chi connectivity index (χ1n) is 12.9. The van der Waals surface area contributed by atoms with Gasteiger partial charge in [0.2, 0.25) is 0 Å². The lowest BCUT2D eigenvalue weighted by atomic mass is 9.99. The second-order valence-corrected chi connectivity index (χ2v) is 9.66. The van der Waals surface area contributed by atoms with Crippen LogP contribution in [0.2, 0.25) is 0 Å². The van der Waals surface area contributed by atoms with E-state index in [4.69, 9.17) is 19.2 Å². The molecule has 38 heavy (non-hydrogen) atoms. The molecule has 10 heteroatoms. The molecule has 1 aliphatic rings. The number of pyridine rings is 1. The number of hydrogen-bond donors (Lipinski definition) is 0. The molecule has 4 rings (SSSR count). The highest BCUT2D eigenvalue weighted by atomic mass is 16.6. The highest BCUT2D eigenvalue weighted by molar-refractivity contribution is 5.72. The van der Waals surface area contributed by atoms with Crippen LogP contribution in [0.25, 0.3) is 11.4 Å². The van der Waals surface area contributed by atoms with Crippen molar-refractivity contribution in [3.8, 4) is 17.1 Å².